The number of carbonyl (C=O) groups is 2. The quantitative estimate of drug-likeness (QED) is 0.815. The first kappa shape index (κ1) is 16.1. The van der Waals surface area contributed by atoms with E-state index in [1.165, 1.54) is 0 Å². The van der Waals surface area contributed by atoms with Gasteiger partial charge in [0.1, 0.15) is 0 Å². The van der Waals surface area contributed by atoms with Crippen LogP contribution in [0.2, 0.25) is 0 Å². The van der Waals surface area contributed by atoms with Crippen LogP contribution in [0.25, 0.3) is 0 Å². The van der Waals surface area contributed by atoms with Crippen LogP contribution in [-0.4, -0.2) is 52.8 Å². The van der Waals surface area contributed by atoms with Crippen molar-refractivity contribution in [2.45, 2.75) is 64.7 Å². The number of amides is 2. The summed E-state index contributed by atoms with van der Waals surface area (Å²) in [5.41, 5.74) is -1.23. The summed E-state index contributed by atoms with van der Waals surface area (Å²) in [7, 11) is 0. The average Bonchev–Trinajstić information content (AvgIpc) is 2.69. The Hall–Kier alpha value is -1.30. The topological polar surface area (TPSA) is 78.9 Å². The number of carboxylic acids is 1. The summed E-state index contributed by atoms with van der Waals surface area (Å²) in [6, 6.07) is -0.485. The molecule has 1 heterocycles. The summed E-state index contributed by atoms with van der Waals surface area (Å²) in [4.78, 5) is 25.7. The predicted octanol–water partition coefficient (Wildman–Crippen LogP) is 1.84. The molecular formula is C15H26N2O4. The first-order chi connectivity index (χ1) is 9.64. The monoisotopic (exact) mass is 298 g/mol. The van der Waals surface area contributed by atoms with Gasteiger partial charge in [0.05, 0.1) is 23.7 Å². The van der Waals surface area contributed by atoms with Crippen molar-refractivity contribution in [3.8, 4) is 0 Å². The lowest BCUT2D eigenvalue weighted by molar-refractivity contribution is -0.148. The number of aliphatic carboxylic acids is 1. The van der Waals surface area contributed by atoms with Gasteiger partial charge in [-0.3, -0.25) is 4.79 Å². The van der Waals surface area contributed by atoms with E-state index in [9.17, 15) is 14.7 Å². The molecular weight excluding hydrogens is 272 g/mol. The number of nitrogens with zero attached hydrogens (tertiary/aromatic N) is 1. The zero-order valence-corrected chi connectivity index (χ0v) is 13.3. The minimum absolute atomic E-state index is 0.0195. The normalized spacial score (nSPS) is 35.5. The summed E-state index contributed by atoms with van der Waals surface area (Å²) in [6.07, 6.45) is 2.14. The lowest BCUT2D eigenvalue weighted by Gasteiger charge is -2.42. The van der Waals surface area contributed by atoms with Crippen molar-refractivity contribution in [3.63, 3.8) is 0 Å². The van der Waals surface area contributed by atoms with Gasteiger partial charge in [0, 0.05) is 12.6 Å². The number of rotatable bonds is 2. The maximum Gasteiger partial charge on any atom is 0.317 e. The van der Waals surface area contributed by atoms with Crippen LogP contribution in [0.1, 0.15) is 47.0 Å². The Labute approximate surface area is 125 Å². The molecule has 2 amide bonds. The molecule has 2 aliphatic rings. The van der Waals surface area contributed by atoms with Crippen molar-refractivity contribution in [1.82, 2.24) is 10.2 Å². The Morgan fingerprint density at radius 2 is 2.00 bits per heavy atom. The Morgan fingerprint density at radius 1 is 1.33 bits per heavy atom. The van der Waals surface area contributed by atoms with Crippen LogP contribution in [0.15, 0.2) is 0 Å². The van der Waals surface area contributed by atoms with Crippen LogP contribution in [-0.2, 0) is 9.53 Å². The predicted molar refractivity (Wildman–Crippen MR) is 78.1 cm³/mol. The molecule has 1 aliphatic carbocycles. The van der Waals surface area contributed by atoms with Crippen LogP contribution >= 0.6 is 0 Å². The lowest BCUT2D eigenvalue weighted by atomic mass is 9.85. The maximum atomic E-state index is 12.5. The fraction of sp³-hybridized carbons (Fsp3) is 0.867. The molecule has 2 rings (SSSR count). The smallest absolute Gasteiger partial charge is 0.317 e. The number of morpholine rings is 1. The van der Waals surface area contributed by atoms with E-state index in [-0.39, 0.29) is 23.8 Å². The van der Waals surface area contributed by atoms with Gasteiger partial charge in [-0.1, -0.05) is 6.42 Å². The van der Waals surface area contributed by atoms with Gasteiger partial charge in [-0.05, 0) is 40.5 Å². The van der Waals surface area contributed by atoms with Crippen LogP contribution in [0, 0.1) is 5.41 Å². The third-order valence-corrected chi connectivity index (χ3v) is 4.60. The van der Waals surface area contributed by atoms with Crippen LogP contribution in [0.3, 0.4) is 0 Å². The van der Waals surface area contributed by atoms with Gasteiger partial charge < -0.3 is 20.1 Å². The Kier molecular flexibility index (Phi) is 4.19. The number of carbonyl (C=O) groups excluding carboxylic acids is 1. The lowest BCUT2D eigenvalue weighted by Crippen LogP contribution is -2.59. The van der Waals surface area contributed by atoms with E-state index in [1.807, 2.05) is 20.8 Å². The number of hydrogen-bond donors (Lipinski definition) is 2. The number of carboxylic acid groups (broad SMARTS) is 1. The van der Waals surface area contributed by atoms with Crippen LogP contribution < -0.4 is 5.32 Å². The number of hydrogen-bond acceptors (Lipinski definition) is 3. The molecule has 120 valence electrons. The van der Waals surface area contributed by atoms with Gasteiger partial charge in [-0.15, -0.1) is 0 Å². The minimum Gasteiger partial charge on any atom is -0.481 e. The van der Waals surface area contributed by atoms with Crippen molar-refractivity contribution >= 4 is 12.0 Å². The Morgan fingerprint density at radius 3 is 2.57 bits per heavy atom. The fourth-order valence-corrected chi connectivity index (χ4v) is 3.50. The van der Waals surface area contributed by atoms with E-state index < -0.39 is 11.4 Å². The first-order valence-corrected chi connectivity index (χ1v) is 7.61. The minimum atomic E-state index is -0.858. The Balaban J connectivity index is 2.03. The van der Waals surface area contributed by atoms with Gasteiger partial charge >= 0.3 is 12.0 Å². The molecule has 6 nitrogen and oxygen atoms in total. The highest BCUT2D eigenvalue weighted by atomic mass is 16.5. The molecule has 2 N–H and O–H groups in total. The maximum absolute atomic E-state index is 12.5. The van der Waals surface area contributed by atoms with Crippen LogP contribution in [0.5, 0.6) is 0 Å². The van der Waals surface area contributed by atoms with Gasteiger partial charge in [0.15, 0.2) is 0 Å². The standard InChI is InChI=1S/C15H26N2O4/c1-10-8-17(9-14(2,3)21-10)13(20)16-11-6-5-7-15(11,4)12(18)19/h10-11H,5-9H2,1-4H3,(H,16,20)(H,18,19). The molecule has 0 aromatic carbocycles. The Bertz CT molecular complexity index is 437. The first-order valence-electron chi connectivity index (χ1n) is 7.61. The zero-order chi connectivity index (χ0) is 15.8. The van der Waals surface area contributed by atoms with Crippen molar-refractivity contribution in [2.75, 3.05) is 13.1 Å². The van der Waals surface area contributed by atoms with Crippen molar-refractivity contribution in [1.29, 1.82) is 0 Å². The fourth-order valence-electron chi connectivity index (χ4n) is 3.50. The second-order valence-electron chi connectivity index (χ2n) is 7.19. The molecule has 1 aliphatic heterocycles. The molecule has 6 heteroatoms. The molecule has 1 saturated carbocycles. The summed E-state index contributed by atoms with van der Waals surface area (Å²) < 4.78 is 5.79. The third-order valence-electron chi connectivity index (χ3n) is 4.60. The zero-order valence-electron chi connectivity index (χ0n) is 13.3. The summed E-state index contributed by atoms with van der Waals surface area (Å²) >= 11 is 0. The summed E-state index contributed by atoms with van der Waals surface area (Å²) in [6.45, 7) is 8.63. The van der Waals surface area contributed by atoms with Crippen LogP contribution in [0.4, 0.5) is 4.79 Å². The van der Waals surface area contributed by atoms with Crippen molar-refractivity contribution in [3.05, 3.63) is 0 Å². The summed E-state index contributed by atoms with van der Waals surface area (Å²) in [5.74, 6) is -0.832. The average molecular weight is 298 g/mol. The SMILES string of the molecule is CC1CN(C(=O)NC2CCCC2(C)C(=O)O)CC(C)(C)O1. The molecule has 1 saturated heterocycles. The molecule has 3 unspecified atom stereocenters. The molecule has 2 fully saturated rings. The molecule has 0 aromatic heterocycles. The highest BCUT2D eigenvalue weighted by molar-refractivity contribution is 5.79. The van der Waals surface area contributed by atoms with Crippen molar-refractivity contribution < 1.29 is 19.4 Å². The number of nitrogens with one attached hydrogen (secondary N) is 1. The molecule has 21 heavy (non-hydrogen) atoms. The van der Waals surface area contributed by atoms with Gasteiger partial charge in [-0.2, -0.15) is 0 Å². The van der Waals surface area contributed by atoms with E-state index in [1.54, 1.807) is 11.8 Å². The van der Waals surface area contributed by atoms with E-state index >= 15 is 0 Å². The molecule has 0 radical (unpaired) electrons. The molecule has 3 atom stereocenters. The highest BCUT2D eigenvalue weighted by Crippen LogP contribution is 2.38. The summed E-state index contributed by atoms with van der Waals surface area (Å²) in [5, 5.41) is 12.3. The van der Waals surface area contributed by atoms with Gasteiger partial charge in [0.2, 0.25) is 0 Å². The number of ether oxygens (including phenoxy) is 1. The molecule has 0 aromatic rings. The largest absolute Gasteiger partial charge is 0.481 e. The molecule has 0 bridgehead atoms. The van der Waals surface area contributed by atoms with E-state index in [0.717, 1.165) is 12.8 Å². The second kappa shape index (κ2) is 5.48. The van der Waals surface area contributed by atoms with Gasteiger partial charge in [-0.25, -0.2) is 4.79 Å². The van der Waals surface area contributed by atoms with E-state index in [4.69, 9.17) is 4.74 Å². The van der Waals surface area contributed by atoms with E-state index in [2.05, 4.69) is 5.32 Å². The molecule has 0 spiro atoms. The third kappa shape index (κ3) is 3.31. The number of urea groups is 1. The van der Waals surface area contributed by atoms with Crippen molar-refractivity contribution in [2.24, 2.45) is 5.41 Å². The highest BCUT2D eigenvalue weighted by Gasteiger charge is 2.46. The van der Waals surface area contributed by atoms with E-state index in [0.29, 0.717) is 19.5 Å². The van der Waals surface area contributed by atoms with Gasteiger partial charge in [0.25, 0.3) is 0 Å². The second-order valence-corrected chi connectivity index (χ2v) is 7.19.